The lowest BCUT2D eigenvalue weighted by atomic mass is 10.1. The fourth-order valence-corrected chi connectivity index (χ4v) is 17.6. The third-order valence-corrected chi connectivity index (χ3v) is 24.7. The van der Waals surface area contributed by atoms with Gasteiger partial charge in [0.2, 0.25) is 0 Å². The van der Waals surface area contributed by atoms with Crippen LogP contribution in [0.1, 0.15) is 77.6 Å². The van der Waals surface area contributed by atoms with E-state index in [0.717, 1.165) is 12.4 Å². The highest BCUT2D eigenvalue weighted by atomic mass is 35.5. The standard InChI is InChI=1S/4C17H17ClFN2O10P/c4*18-10-1-2-11-8(3-10)6-28-32(27,31-11)29-7-17(19)13(24)12(23)15(30-17)21-4-9(5-22)14(25)20-16(21)26/h4*1-4,12-13,15,22-24H,5-7H2,(H,20,25,26)/t4*12-,13+,15-,17-,32?/m1111/s1/i7D2,15D;15D;7D2;. The highest BCUT2D eigenvalue weighted by Crippen LogP contribution is 2.60. The van der Waals surface area contributed by atoms with Crippen LogP contribution in [0.2, 0.25) is 20.1 Å². The van der Waals surface area contributed by atoms with Gasteiger partial charge in [-0.1, -0.05) is 46.4 Å². The number of aromatic nitrogens is 8. The maximum atomic E-state index is 15.8. The zero-order valence-corrected chi connectivity index (χ0v) is 70.1. The molecular weight excluding hydrogens is 1910 g/mol. The van der Waals surface area contributed by atoms with Gasteiger partial charge in [-0.05, 0) is 72.8 Å². The highest BCUT2D eigenvalue weighted by molar-refractivity contribution is 7.49. The summed E-state index contributed by atoms with van der Waals surface area (Å²) in [5.74, 6) is -14.4. The number of aliphatic hydroxyl groups is 12. The van der Waals surface area contributed by atoms with E-state index < -0.39 is 251 Å². The lowest BCUT2D eigenvalue weighted by Crippen LogP contribution is -2.43. The van der Waals surface area contributed by atoms with Gasteiger partial charge in [0.15, 0.2) is 24.9 Å². The Bertz CT molecular complexity index is 6650. The molecule has 128 heavy (non-hydrogen) atoms. The third-order valence-electron chi connectivity index (χ3n) is 18.8. The molecule has 4 unspecified atom stereocenters. The number of fused-ring (bicyclic) bond motifs is 4. The first-order chi connectivity index (χ1) is 62.4. The summed E-state index contributed by atoms with van der Waals surface area (Å²) in [5, 5.41) is 120. The van der Waals surface area contributed by atoms with Crippen LogP contribution in [0.15, 0.2) is 136 Å². The van der Waals surface area contributed by atoms with Gasteiger partial charge >= 0.3 is 54.0 Å². The summed E-state index contributed by atoms with van der Waals surface area (Å²) in [6, 6.07) is 16.9. The molecule has 0 aliphatic carbocycles. The van der Waals surface area contributed by atoms with Crippen LogP contribution < -0.4 is 63.1 Å². The summed E-state index contributed by atoms with van der Waals surface area (Å²) in [6.07, 6.45) is -26.9. The molecule has 0 bridgehead atoms. The zero-order chi connectivity index (χ0) is 98.5. The van der Waals surface area contributed by atoms with Crippen molar-refractivity contribution in [2.45, 2.75) is 150 Å². The Balaban J connectivity index is 0.000000152. The van der Waals surface area contributed by atoms with Gasteiger partial charge in [-0.15, -0.1) is 0 Å². The van der Waals surface area contributed by atoms with E-state index in [1.807, 2.05) is 4.98 Å². The summed E-state index contributed by atoms with van der Waals surface area (Å²) in [5.41, 5.74) is -8.82. The number of hydrogen-bond donors (Lipinski definition) is 16. The number of alkyl halides is 4. The predicted molar refractivity (Wildman–Crippen MR) is 415 cm³/mol. The van der Waals surface area contributed by atoms with E-state index in [0.29, 0.717) is 58.8 Å². The van der Waals surface area contributed by atoms with Crippen LogP contribution >= 0.6 is 77.7 Å². The summed E-state index contributed by atoms with van der Waals surface area (Å²) in [6.45, 7) is -14.9. The van der Waals surface area contributed by atoms with E-state index in [9.17, 15) is 118 Å². The number of hydrogen-bond acceptors (Lipinski definition) is 40. The van der Waals surface area contributed by atoms with Crippen molar-refractivity contribution < 1.29 is 179 Å². The van der Waals surface area contributed by atoms with E-state index in [-0.39, 0.29) is 61.5 Å². The van der Waals surface area contributed by atoms with Crippen molar-refractivity contribution in [3.8, 4) is 23.0 Å². The molecule has 48 nitrogen and oxygen atoms in total. The molecule has 4 aromatic carbocycles. The molecule has 4 saturated heterocycles. The van der Waals surface area contributed by atoms with Crippen molar-refractivity contribution in [1.29, 1.82) is 0 Å². The minimum Gasteiger partial charge on any atom is -0.404 e. The second-order valence-corrected chi connectivity index (χ2v) is 35.4. The minimum absolute atomic E-state index is 0.0372. The maximum absolute atomic E-state index is 15.8. The van der Waals surface area contributed by atoms with E-state index in [4.69, 9.17) is 123 Å². The van der Waals surface area contributed by atoms with Gasteiger partial charge in [-0.2, -0.15) is 0 Å². The number of aromatic amines is 4. The second-order valence-electron chi connectivity index (χ2n) is 27.4. The van der Waals surface area contributed by atoms with E-state index in [2.05, 4.69) is 4.52 Å². The molecule has 16 rings (SSSR count). The van der Waals surface area contributed by atoms with Crippen molar-refractivity contribution in [3.05, 3.63) is 246 Å². The molecule has 0 amide bonds. The summed E-state index contributed by atoms with van der Waals surface area (Å²) in [4.78, 5) is 102. The molecule has 12 heterocycles. The quantitative estimate of drug-likeness (QED) is 0.0378. The summed E-state index contributed by atoms with van der Waals surface area (Å²) >= 11 is 23.4. The fourth-order valence-electron chi connectivity index (χ4n) is 12.1. The van der Waals surface area contributed by atoms with Crippen molar-refractivity contribution in [3.63, 3.8) is 0 Å². The van der Waals surface area contributed by atoms with Gasteiger partial charge in [-0.25, -0.2) is 55.0 Å². The van der Waals surface area contributed by atoms with Crippen LogP contribution in [-0.4, -0.2) is 198 Å². The largest absolute Gasteiger partial charge is 0.530 e. The van der Waals surface area contributed by atoms with Gasteiger partial charge in [0.25, 0.3) is 45.7 Å². The van der Waals surface area contributed by atoms with Crippen LogP contribution in [0.3, 0.4) is 0 Å². The molecule has 0 spiro atoms. The number of aliphatic hydroxyl groups excluding tert-OH is 12. The van der Waals surface area contributed by atoms with Gasteiger partial charge in [0, 0.05) is 67.1 Å². The number of ether oxygens (including phenoxy) is 4. The Morgan fingerprint density at radius 2 is 0.625 bits per heavy atom. The zero-order valence-electron chi connectivity index (χ0n) is 69.5. The lowest BCUT2D eigenvalue weighted by molar-refractivity contribution is -0.205. The molecular formula is C68H68Cl4F4N8O40P4. The van der Waals surface area contributed by atoms with Gasteiger partial charge < -0.3 is 98.3 Å². The monoisotopic (exact) mass is 1980 g/mol. The Morgan fingerprint density at radius 3 is 0.938 bits per heavy atom. The molecule has 8 aromatic rings. The van der Waals surface area contributed by atoms with E-state index >= 15 is 17.6 Å². The number of phosphoric ester groups is 4. The molecule has 4 fully saturated rings. The van der Waals surface area contributed by atoms with Gasteiger partial charge in [-0.3, -0.25) is 93.6 Å². The normalized spacial score (nSPS) is 33.9. The first kappa shape index (κ1) is 88.9. The molecule has 696 valence electrons. The number of rotatable bonds is 20. The fraction of sp³-hybridized carbons (Fsp3) is 0.412. The Hall–Kier alpha value is -8.36. The molecule has 16 N–H and O–H groups in total. The number of nitrogens with one attached hydrogen (secondary N) is 4. The van der Waals surface area contributed by atoms with Crippen LogP contribution in [0.5, 0.6) is 23.0 Å². The van der Waals surface area contributed by atoms with Crippen molar-refractivity contribution in [2.75, 3.05) is 26.3 Å². The number of benzene rings is 4. The smallest absolute Gasteiger partial charge is 0.404 e. The first-order valence-corrected chi connectivity index (χ1v) is 43.2. The van der Waals surface area contributed by atoms with Gasteiger partial charge in [0.05, 0.1) is 83.3 Å². The number of H-pyrrole nitrogens is 4. The van der Waals surface area contributed by atoms with Crippen molar-refractivity contribution in [1.82, 2.24) is 38.2 Å². The van der Waals surface area contributed by atoms with E-state index in [1.165, 1.54) is 72.8 Å². The second kappa shape index (κ2) is 38.1. The highest BCUT2D eigenvalue weighted by Gasteiger charge is 2.62. The van der Waals surface area contributed by atoms with Crippen molar-refractivity contribution in [2.24, 2.45) is 0 Å². The minimum atomic E-state index is -4.91. The molecule has 0 radical (unpaired) electrons. The Kier molecular flexibility index (Phi) is 26.4. The third kappa shape index (κ3) is 20.5. The van der Waals surface area contributed by atoms with Crippen LogP contribution in [0.4, 0.5) is 17.6 Å². The average Bonchev–Trinajstić information content (AvgIpc) is 1.55. The van der Waals surface area contributed by atoms with Crippen LogP contribution in [0, 0.1) is 0 Å². The molecule has 60 heteroatoms. The topological polar surface area (TPSA) is 678 Å². The van der Waals surface area contributed by atoms with Crippen LogP contribution in [0.25, 0.3) is 0 Å². The summed E-state index contributed by atoms with van der Waals surface area (Å²) < 4.78 is 243. The number of nitrogens with zero attached hydrogens (tertiary/aromatic N) is 4. The van der Waals surface area contributed by atoms with Gasteiger partial charge in [0.1, 0.15) is 98.2 Å². The number of halogens is 8. The molecule has 8 aliphatic rings. The van der Waals surface area contributed by atoms with Crippen LogP contribution in [-0.2, 0) is 126 Å². The lowest BCUT2D eigenvalue weighted by Gasteiger charge is -2.28. The SMILES string of the molecule is O=c1[nH]c(=O)n([C@@H]2O[C@](F)(COP3(=O)OCc4cc(Cl)ccc4O3)[C@@H](O)[C@H]2O)cc1CO.[2H]C([2H])(OP1(=O)OCc2cc(Cl)ccc2O1)[C@@]1(F)O[C@@H](n2cc(CO)c(=O)[nH]c2=O)[C@H](O)[C@@H]1O.[2H]C([2H])(OP1(=O)OCc2cc(Cl)ccc2O1)[C@@]1(F)O[C@@]([2H])(n2cc(CO)c(=O)[nH]c2=O)[C@H](O)[C@@H]1O.[2H][C@@]1(n2cc(CO)c(=O)[nH]c2=O)O[C@](F)(COP2(=O)OCc3cc(Cl)ccc3O2)[C@@H](O)[C@H]1O. The van der Waals surface area contributed by atoms with Crippen molar-refractivity contribution >= 4 is 77.7 Å². The molecule has 0 saturated carbocycles. The average molecular weight is 1990 g/mol. The molecule has 20 atom stereocenters. The number of phosphoric acid groups is 4. The summed E-state index contributed by atoms with van der Waals surface area (Å²) in [7, 11) is -18.5. The molecule has 4 aromatic heterocycles. The Morgan fingerprint density at radius 1 is 0.383 bits per heavy atom. The maximum Gasteiger partial charge on any atom is 0.530 e. The first-order valence-electron chi connectivity index (χ1n) is 38.8. The Labute approximate surface area is 736 Å². The predicted octanol–water partition coefficient (Wildman–Crippen LogP) is 1.33. The molecule has 8 aliphatic heterocycles. The van der Waals surface area contributed by atoms with E-state index in [1.54, 1.807) is 15.0 Å².